The molecule has 3 nitrogen and oxygen atoms in total. The summed E-state index contributed by atoms with van der Waals surface area (Å²) >= 11 is 1.91. The summed E-state index contributed by atoms with van der Waals surface area (Å²) in [5.41, 5.74) is 5.87. The number of aromatic nitrogens is 2. The molecule has 0 bridgehead atoms. The van der Waals surface area contributed by atoms with E-state index in [-0.39, 0.29) is 0 Å². The summed E-state index contributed by atoms with van der Waals surface area (Å²) < 4.78 is 0. The zero-order valence-electron chi connectivity index (χ0n) is 10.1. The molecule has 0 saturated heterocycles. The minimum atomic E-state index is 0.587. The molecule has 0 spiro atoms. The molecule has 1 aromatic heterocycles. The van der Waals surface area contributed by atoms with Gasteiger partial charge in [0.2, 0.25) is 0 Å². The molecule has 0 atom stereocenters. The molecule has 0 amide bonds. The number of anilines is 1. The van der Waals surface area contributed by atoms with Crippen molar-refractivity contribution >= 4 is 17.6 Å². The molecule has 0 aliphatic heterocycles. The van der Waals surface area contributed by atoms with Crippen molar-refractivity contribution in [3.63, 3.8) is 0 Å². The summed E-state index contributed by atoms with van der Waals surface area (Å²) in [6, 6.07) is 1.94. The van der Waals surface area contributed by atoms with Gasteiger partial charge in [-0.15, -0.1) is 11.8 Å². The molecule has 2 aliphatic rings. The minimum Gasteiger partial charge on any atom is -0.384 e. The van der Waals surface area contributed by atoms with Crippen LogP contribution in [0.2, 0.25) is 0 Å². The Morgan fingerprint density at radius 2 is 1.82 bits per heavy atom. The number of hydrogen-bond acceptors (Lipinski definition) is 4. The molecule has 3 rings (SSSR count). The Bertz CT molecular complexity index is 398. The minimum absolute atomic E-state index is 0.587. The normalized spacial score (nSPS) is 21.6. The van der Waals surface area contributed by atoms with Gasteiger partial charge in [-0.1, -0.05) is 19.3 Å². The van der Waals surface area contributed by atoms with Crippen LogP contribution in [0, 0.1) is 0 Å². The van der Waals surface area contributed by atoms with E-state index >= 15 is 0 Å². The van der Waals surface area contributed by atoms with Gasteiger partial charge in [-0.25, -0.2) is 9.97 Å². The number of nitrogens with zero attached hydrogens (tertiary/aromatic N) is 2. The van der Waals surface area contributed by atoms with Crippen LogP contribution in [0.4, 0.5) is 5.82 Å². The van der Waals surface area contributed by atoms with Crippen molar-refractivity contribution in [3.05, 3.63) is 11.9 Å². The highest BCUT2D eigenvalue weighted by atomic mass is 32.2. The number of thioether (sulfide) groups is 1. The van der Waals surface area contributed by atoms with Crippen LogP contribution in [-0.2, 0) is 0 Å². The van der Waals surface area contributed by atoms with Crippen molar-refractivity contribution in [1.82, 2.24) is 9.97 Å². The van der Waals surface area contributed by atoms with Gasteiger partial charge in [-0.2, -0.15) is 0 Å². The highest BCUT2D eigenvalue weighted by molar-refractivity contribution is 7.99. The molecule has 2 N–H and O–H groups in total. The van der Waals surface area contributed by atoms with Crippen LogP contribution in [0.25, 0.3) is 0 Å². The first-order valence-electron chi connectivity index (χ1n) is 6.62. The molecule has 0 unspecified atom stereocenters. The molecule has 2 fully saturated rings. The van der Waals surface area contributed by atoms with Gasteiger partial charge in [0.05, 0.1) is 0 Å². The smallest absolute Gasteiger partial charge is 0.135 e. The molecule has 0 radical (unpaired) electrons. The van der Waals surface area contributed by atoms with Gasteiger partial charge in [-0.3, -0.25) is 0 Å². The van der Waals surface area contributed by atoms with Crippen LogP contribution in [0.3, 0.4) is 0 Å². The highest BCUT2D eigenvalue weighted by Crippen LogP contribution is 2.40. The molecule has 2 saturated carbocycles. The maximum atomic E-state index is 5.87. The van der Waals surface area contributed by atoms with Crippen molar-refractivity contribution in [2.45, 2.75) is 61.1 Å². The summed E-state index contributed by atoms with van der Waals surface area (Å²) in [6.07, 6.45) is 9.26. The van der Waals surface area contributed by atoms with E-state index in [1.807, 2.05) is 17.8 Å². The van der Waals surface area contributed by atoms with Crippen molar-refractivity contribution < 1.29 is 0 Å². The molecule has 17 heavy (non-hydrogen) atoms. The quantitative estimate of drug-likeness (QED) is 0.835. The number of nitrogens with two attached hydrogens (primary N) is 1. The second-order valence-corrected chi connectivity index (χ2v) is 6.46. The van der Waals surface area contributed by atoms with Gasteiger partial charge in [0.15, 0.2) is 0 Å². The van der Waals surface area contributed by atoms with E-state index in [4.69, 9.17) is 5.73 Å². The van der Waals surface area contributed by atoms with Gasteiger partial charge in [0.1, 0.15) is 16.7 Å². The Morgan fingerprint density at radius 1 is 1.06 bits per heavy atom. The van der Waals surface area contributed by atoms with E-state index in [9.17, 15) is 0 Å². The lowest BCUT2D eigenvalue weighted by molar-refractivity contribution is 0.515. The van der Waals surface area contributed by atoms with Gasteiger partial charge in [0.25, 0.3) is 0 Å². The second-order valence-electron chi connectivity index (χ2n) is 5.14. The largest absolute Gasteiger partial charge is 0.384 e. The molecule has 4 heteroatoms. The zero-order chi connectivity index (χ0) is 11.7. The summed E-state index contributed by atoms with van der Waals surface area (Å²) in [5, 5.41) is 1.83. The molecular formula is C13H19N3S. The first-order valence-corrected chi connectivity index (χ1v) is 7.50. The fourth-order valence-corrected chi connectivity index (χ4v) is 3.65. The Morgan fingerprint density at radius 3 is 2.53 bits per heavy atom. The Labute approximate surface area is 107 Å². The Kier molecular flexibility index (Phi) is 3.23. The van der Waals surface area contributed by atoms with Crippen LogP contribution in [-0.4, -0.2) is 15.2 Å². The predicted octanol–water partition coefficient (Wildman–Crippen LogP) is 3.36. The molecular weight excluding hydrogens is 230 g/mol. The van der Waals surface area contributed by atoms with Gasteiger partial charge in [0, 0.05) is 17.2 Å². The van der Waals surface area contributed by atoms with E-state index in [2.05, 4.69) is 9.97 Å². The van der Waals surface area contributed by atoms with Crippen LogP contribution in [0.5, 0.6) is 0 Å². The van der Waals surface area contributed by atoms with Crippen LogP contribution < -0.4 is 5.73 Å². The van der Waals surface area contributed by atoms with E-state index in [0.29, 0.717) is 11.7 Å². The van der Waals surface area contributed by atoms with E-state index in [0.717, 1.165) is 16.1 Å². The second kappa shape index (κ2) is 4.84. The van der Waals surface area contributed by atoms with Gasteiger partial charge < -0.3 is 5.73 Å². The lowest BCUT2D eigenvalue weighted by Gasteiger charge is -2.20. The lowest BCUT2D eigenvalue weighted by atomic mass is 10.0. The molecule has 0 aromatic carbocycles. The Balaban J connectivity index is 1.72. The zero-order valence-corrected chi connectivity index (χ0v) is 10.9. The van der Waals surface area contributed by atoms with Gasteiger partial charge >= 0.3 is 0 Å². The number of nitrogen functional groups attached to an aromatic ring is 1. The fourth-order valence-electron chi connectivity index (χ4n) is 2.40. The van der Waals surface area contributed by atoms with Crippen molar-refractivity contribution in [2.75, 3.05) is 5.73 Å². The third-order valence-corrected chi connectivity index (χ3v) is 4.78. The SMILES string of the molecule is Nc1cc(SC2CCCCC2)nc(C2CC2)n1. The molecule has 92 valence electrons. The monoisotopic (exact) mass is 249 g/mol. The molecule has 1 aromatic rings. The Hall–Kier alpha value is -0.770. The lowest BCUT2D eigenvalue weighted by Crippen LogP contribution is -2.09. The third kappa shape index (κ3) is 2.92. The van der Waals surface area contributed by atoms with Crippen LogP contribution in [0.1, 0.15) is 56.7 Å². The molecule has 1 heterocycles. The summed E-state index contributed by atoms with van der Waals surface area (Å²) in [5.74, 6) is 2.20. The summed E-state index contributed by atoms with van der Waals surface area (Å²) in [4.78, 5) is 9.00. The van der Waals surface area contributed by atoms with Crippen LogP contribution >= 0.6 is 11.8 Å². The first-order chi connectivity index (χ1) is 8.31. The van der Waals surface area contributed by atoms with E-state index in [1.165, 1.54) is 44.9 Å². The average molecular weight is 249 g/mol. The average Bonchev–Trinajstić information content (AvgIpc) is 3.13. The van der Waals surface area contributed by atoms with E-state index < -0.39 is 0 Å². The number of rotatable bonds is 3. The standard InChI is InChI=1S/C13H19N3S/c14-11-8-12(16-13(15-11)9-6-7-9)17-10-4-2-1-3-5-10/h8-10H,1-7H2,(H2,14,15,16). The van der Waals surface area contributed by atoms with Crippen molar-refractivity contribution in [3.8, 4) is 0 Å². The highest BCUT2D eigenvalue weighted by Gasteiger charge is 2.27. The fraction of sp³-hybridized carbons (Fsp3) is 0.692. The molecule has 2 aliphatic carbocycles. The van der Waals surface area contributed by atoms with Crippen molar-refractivity contribution in [1.29, 1.82) is 0 Å². The van der Waals surface area contributed by atoms with Crippen molar-refractivity contribution in [2.24, 2.45) is 0 Å². The van der Waals surface area contributed by atoms with Gasteiger partial charge in [-0.05, 0) is 25.7 Å². The van der Waals surface area contributed by atoms with Crippen LogP contribution in [0.15, 0.2) is 11.1 Å². The summed E-state index contributed by atoms with van der Waals surface area (Å²) in [6.45, 7) is 0. The topological polar surface area (TPSA) is 51.8 Å². The maximum absolute atomic E-state index is 5.87. The van der Waals surface area contributed by atoms with E-state index in [1.54, 1.807) is 0 Å². The predicted molar refractivity (Wildman–Crippen MR) is 71.1 cm³/mol. The summed E-state index contributed by atoms with van der Waals surface area (Å²) in [7, 11) is 0. The third-order valence-electron chi connectivity index (χ3n) is 3.52. The number of hydrogen-bond donors (Lipinski definition) is 1. The first kappa shape index (κ1) is 11.3. The maximum Gasteiger partial charge on any atom is 0.135 e.